The second-order valence-corrected chi connectivity index (χ2v) is 8.52. The van der Waals surface area contributed by atoms with Crippen molar-refractivity contribution in [1.29, 1.82) is 0 Å². The fourth-order valence-electron chi connectivity index (χ4n) is 4.66. The van der Waals surface area contributed by atoms with Crippen LogP contribution in [0.1, 0.15) is 18.4 Å². The molecule has 1 saturated carbocycles. The molecule has 4 rings (SSSR count). The molecule has 1 aromatic rings. The van der Waals surface area contributed by atoms with Crippen molar-refractivity contribution >= 4 is 11.4 Å². The van der Waals surface area contributed by atoms with Crippen LogP contribution >= 0.6 is 0 Å². The number of benzene rings is 1. The van der Waals surface area contributed by atoms with Crippen molar-refractivity contribution in [2.24, 2.45) is 5.92 Å². The molecular formula is C23H30O10. The summed E-state index contributed by atoms with van der Waals surface area (Å²) >= 11 is 0. The van der Waals surface area contributed by atoms with Crippen LogP contribution in [0.3, 0.4) is 0 Å². The van der Waals surface area contributed by atoms with E-state index in [9.17, 15) is 25.2 Å². The summed E-state index contributed by atoms with van der Waals surface area (Å²) in [5.74, 6) is 0.197. The Kier molecular flexibility index (Phi) is 7.34. The van der Waals surface area contributed by atoms with Crippen LogP contribution in [0.5, 0.6) is 5.75 Å². The number of rotatable bonds is 6. The Morgan fingerprint density at radius 2 is 1.73 bits per heavy atom. The van der Waals surface area contributed by atoms with Gasteiger partial charge >= 0.3 is 0 Å². The van der Waals surface area contributed by atoms with Gasteiger partial charge < -0.3 is 44.1 Å². The number of aliphatic hydroxyl groups is 4. The largest absolute Gasteiger partial charge is 0.497 e. The van der Waals surface area contributed by atoms with Crippen LogP contribution in [-0.4, -0.2) is 96.1 Å². The summed E-state index contributed by atoms with van der Waals surface area (Å²) in [4.78, 5) is 13.3. The van der Waals surface area contributed by atoms with Crippen LogP contribution in [-0.2, 0) is 23.7 Å². The van der Waals surface area contributed by atoms with Gasteiger partial charge in [-0.25, -0.2) is 0 Å². The van der Waals surface area contributed by atoms with Crippen molar-refractivity contribution in [3.8, 4) is 5.75 Å². The summed E-state index contributed by atoms with van der Waals surface area (Å²) in [7, 11) is 3.08. The number of hydrogen-bond acceptors (Lipinski definition) is 10. The predicted octanol–water partition coefficient (Wildman–Crippen LogP) is -0.386. The molecule has 10 nitrogen and oxygen atoms in total. The number of methoxy groups -OCH3 is 2. The number of aliphatic hydroxyl groups excluding tert-OH is 4. The molecule has 1 aliphatic carbocycles. The monoisotopic (exact) mass is 466 g/mol. The molecule has 2 fully saturated rings. The zero-order valence-electron chi connectivity index (χ0n) is 18.4. The van der Waals surface area contributed by atoms with Crippen molar-refractivity contribution < 1.29 is 48.9 Å². The molecular weight excluding hydrogens is 436 g/mol. The zero-order valence-corrected chi connectivity index (χ0v) is 18.4. The molecule has 1 saturated heterocycles. The van der Waals surface area contributed by atoms with E-state index < -0.39 is 61.5 Å². The quantitative estimate of drug-likeness (QED) is 0.438. The van der Waals surface area contributed by atoms with E-state index in [0.717, 1.165) is 5.56 Å². The molecule has 0 bridgehead atoms. The van der Waals surface area contributed by atoms with E-state index in [1.165, 1.54) is 13.4 Å². The average molecular weight is 466 g/mol. The third-order valence-electron chi connectivity index (χ3n) is 6.64. The molecule has 0 aromatic heterocycles. The third kappa shape index (κ3) is 4.65. The van der Waals surface area contributed by atoms with Gasteiger partial charge in [-0.05, 0) is 24.1 Å². The Bertz CT molecular complexity index is 853. The second kappa shape index (κ2) is 10.1. The molecule has 3 aliphatic rings. The van der Waals surface area contributed by atoms with Gasteiger partial charge in [0, 0.05) is 13.5 Å². The highest BCUT2D eigenvalue weighted by atomic mass is 16.7. The van der Waals surface area contributed by atoms with Gasteiger partial charge in [0.15, 0.2) is 12.1 Å². The molecule has 9 unspecified atom stereocenters. The van der Waals surface area contributed by atoms with Crippen LogP contribution in [0.25, 0.3) is 5.57 Å². The molecule has 2 heterocycles. The maximum absolute atomic E-state index is 13.3. The highest BCUT2D eigenvalue weighted by Crippen LogP contribution is 2.39. The molecule has 0 amide bonds. The van der Waals surface area contributed by atoms with Crippen molar-refractivity contribution in [3.05, 3.63) is 36.1 Å². The lowest BCUT2D eigenvalue weighted by atomic mass is 9.76. The van der Waals surface area contributed by atoms with E-state index >= 15 is 0 Å². The van der Waals surface area contributed by atoms with Gasteiger partial charge in [-0.2, -0.15) is 0 Å². The Labute approximate surface area is 191 Å². The first-order valence-electron chi connectivity index (χ1n) is 10.9. The molecule has 0 spiro atoms. The Balaban J connectivity index is 1.48. The lowest BCUT2D eigenvalue weighted by Crippen LogP contribution is -2.61. The predicted molar refractivity (Wildman–Crippen MR) is 113 cm³/mol. The highest BCUT2D eigenvalue weighted by Gasteiger charge is 2.49. The van der Waals surface area contributed by atoms with Gasteiger partial charge in [-0.15, -0.1) is 0 Å². The summed E-state index contributed by atoms with van der Waals surface area (Å²) in [6.07, 6.45) is -6.38. The minimum absolute atomic E-state index is 0.0512. The van der Waals surface area contributed by atoms with E-state index in [1.807, 2.05) is 0 Å². The molecule has 0 radical (unpaired) electrons. The summed E-state index contributed by atoms with van der Waals surface area (Å²) in [6, 6.07) is 7.15. The van der Waals surface area contributed by atoms with Crippen LogP contribution in [0.15, 0.2) is 30.5 Å². The maximum atomic E-state index is 13.3. The number of allylic oxidation sites excluding steroid dienone is 1. The van der Waals surface area contributed by atoms with Gasteiger partial charge in [0.1, 0.15) is 36.3 Å². The normalized spacial score (nSPS) is 38.8. The smallest absolute Gasteiger partial charge is 0.187 e. The topological polar surface area (TPSA) is 144 Å². The fourth-order valence-corrected chi connectivity index (χ4v) is 4.66. The third-order valence-corrected chi connectivity index (χ3v) is 6.64. The maximum Gasteiger partial charge on any atom is 0.187 e. The van der Waals surface area contributed by atoms with Crippen LogP contribution < -0.4 is 4.74 Å². The van der Waals surface area contributed by atoms with E-state index in [-0.39, 0.29) is 12.2 Å². The zero-order chi connectivity index (χ0) is 23.7. The van der Waals surface area contributed by atoms with Gasteiger partial charge in [0.25, 0.3) is 0 Å². The number of ether oxygens (including phenoxy) is 5. The fraction of sp³-hybridized carbons (Fsp3) is 0.609. The first kappa shape index (κ1) is 24.1. The van der Waals surface area contributed by atoms with E-state index in [2.05, 4.69) is 0 Å². The highest BCUT2D eigenvalue weighted by molar-refractivity contribution is 6.22. The number of hydrogen-bond donors (Lipinski definition) is 4. The van der Waals surface area contributed by atoms with Crippen molar-refractivity contribution in [1.82, 2.24) is 0 Å². The van der Waals surface area contributed by atoms with Crippen molar-refractivity contribution in [3.63, 3.8) is 0 Å². The number of fused-ring (bicyclic) bond motifs is 1. The first-order valence-corrected chi connectivity index (χ1v) is 10.9. The first-order chi connectivity index (χ1) is 15.9. The SMILES string of the molecule is COc1ccc(C2=COC3CC(OC4OC(CO)C(O)C(O)C4O)C(OC)CC3C2=O)cc1. The Hall–Kier alpha value is -2.05. The summed E-state index contributed by atoms with van der Waals surface area (Å²) in [5.41, 5.74) is 1.20. The van der Waals surface area contributed by atoms with Crippen LogP contribution in [0, 0.1) is 5.92 Å². The molecule has 9 atom stereocenters. The average Bonchev–Trinajstić information content (AvgIpc) is 2.84. The van der Waals surface area contributed by atoms with Gasteiger partial charge in [0.2, 0.25) is 0 Å². The summed E-state index contributed by atoms with van der Waals surface area (Å²) < 4.78 is 28.0. The number of ketones is 1. The molecule has 2 aliphatic heterocycles. The van der Waals surface area contributed by atoms with Gasteiger partial charge in [-0.3, -0.25) is 4.79 Å². The molecule has 4 N–H and O–H groups in total. The lowest BCUT2D eigenvalue weighted by molar-refractivity contribution is -0.322. The number of Topliss-reactive ketones (excluding diaryl/α,β-unsaturated/α-hetero) is 1. The van der Waals surface area contributed by atoms with Crippen LogP contribution in [0.2, 0.25) is 0 Å². The van der Waals surface area contributed by atoms with E-state index in [4.69, 9.17) is 23.7 Å². The van der Waals surface area contributed by atoms with Crippen molar-refractivity contribution in [2.75, 3.05) is 20.8 Å². The minimum Gasteiger partial charge on any atom is -0.497 e. The molecule has 33 heavy (non-hydrogen) atoms. The van der Waals surface area contributed by atoms with Gasteiger partial charge in [0.05, 0.1) is 43.7 Å². The van der Waals surface area contributed by atoms with E-state index in [1.54, 1.807) is 31.4 Å². The molecule has 1 aromatic carbocycles. The Morgan fingerprint density at radius 3 is 2.36 bits per heavy atom. The standard InChI is InChI=1S/C23H30O10/c1-29-12-5-3-11(4-6-12)14-10-31-15-8-17(16(30-2)7-13(15)19(14)25)32-23-22(28)21(27)20(26)18(9-24)33-23/h3-6,10,13,15-18,20-24,26-28H,7-9H2,1-2H3. The summed E-state index contributed by atoms with van der Waals surface area (Å²) in [6.45, 7) is -0.551. The number of carbonyl (C=O) groups excluding carboxylic acids is 1. The summed E-state index contributed by atoms with van der Waals surface area (Å²) in [5, 5.41) is 39.7. The minimum atomic E-state index is -1.54. The molecule has 10 heteroatoms. The lowest BCUT2D eigenvalue weighted by Gasteiger charge is -2.45. The molecule has 182 valence electrons. The Morgan fingerprint density at radius 1 is 1.00 bits per heavy atom. The van der Waals surface area contributed by atoms with E-state index in [0.29, 0.717) is 17.7 Å². The second-order valence-electron chi connectivity index (χ2n) is 8.52. The van der Waals surface area contributed by atoms with Crippen LogP contribution in [0.4, 0.5) is 0 Å². The van der Waals surface area contributed by atoms with Crippen molar-refractivity contribution in [2.45, 2.75) is 61.9 Å². The number of carbonyl (C=O) groups is 1. The van der Waals surface area contributed by atoms with Gasteiger partial charge in [-0.1, -0.05) is 12.1 Å².